The van der Waals surface area contributed by atoms with Crippen molar-refractivity contribution in [2.45, 2.75) is 110 Å². The van der Waals surface area contributed by atoms with Gasteiger partial charge in [-0.2, -0.15) is 0 Å². The Hall–Kier alpha value is -1.16. The third-order valence-electron chi connectivity index (χ3n) is 9.32. The summed E-state index contributed by atoms with van der Waals surface area (Å²) < 4.78 is 0. The van der Waals surface area contributed by atoms with Crippen molar-refractivity contribution in [3.63, 3.8) is 0 Å². The van der Waals surface area contributed by atoms with Crippen LogP contribution in [0, 0.1) is 29.1 Å². The SMILES string of the molecule is C=C1/C(=C\C=C2/CCC[C@]3(C)[C@@H]([C@H](C)CC/C=C/[C@H](C)C(C)(C)O)CC[C@@H]23)C[C@@H](O)C[C@@H]1O. The molecular formula is C30H48O3. The van der Waals surface area contributed by atoms with Crippen molar-refractivity contribution >= 4 is 0 Å². The molecule has 0 bridgehead atoms. The Morgan fingerprint density at radius 2 is 1.91 bits per heavy atom. The molecule has 0 radical (unpaired) electrons. The van der Waals surface area contributed by atoms with Crippen molar-refractivity contribution in [1.82, 2.24) is 0 Å². The van der Waals surface area contributed by atoms with Crippen LogP contribution >= 0.6 is 0 Å². The zero-order valence-electron chi connectivity index (χ0n) is 21.7. The maximum absolute atomic E-state index is 10.2. The lowest BCUT2D eigenvalue weighted by atomic mass is 9.60. The Bertz CT molecular complexity index is 783. The van der Waals surface area contributed by atoms with Crippen LogP contribution in [0.1, 0.15) is 92.4 Å². The molecule has 3 heteroatoms. The molecule has 0 heterocycles. The number of hydrogen-bond donors (Lipinski definition) is 3. The number of hydrogen-bond acceptors (Lipinski definition) is 3. The number of aliphatic hydroxyl groups is 3. The van der Waals surface area contributed by atoms with Gasteiger partial charge in [-0.25, -0.2) is 0 Å². The van der Waals surface area contributed by atoms with E-state index in [9.17, 15) is 15.3 Å². The monoisotopic (exact) mass is 456 g/mol. The van der Waals surface area contributed by atoms with Gasteiger partial charge in [-0.15, -0.1) is 0 Å². The highest BCUT2D eigenvalue weighted by atomic mass is 16.3. The van der Waals surface area contributed by atoms with Gasteiger partial charge >= 0.3 is 0 Å². The zero-order valence-corrected chi connectivity index (χ0v) is 21.7. The molecule has 0 saturated heterocycles. The molecule has 3 fully saturated rings. The third kappa shape index (κ3) is 6.10. The van der Waals surface area contributed by atoms with Gasteiger partial charge in [0, 0.05) is 12.3 Å². The average Bonchev–Trinajstić information content (AvgIpc) is 3.09. The van der Waals surface area contributed by atoms with Gasteiger partial charge in [-0.1, -0.05) is 57.2 Å². The molecule has 0 unspecified atom stereocenters. The Morgan fingerprint density at radius 3 is 2.61 bits per heavy atom. The lowest BCUT2D eigenvalue weighted by Crippen LogP contribution is -2.36. The summed E-state index contributed by atoms with van der Waals surface area (Å²) in [5.41, 5.74) is 3.06. The van der Waals surface area contributed by atoms with Gasteiger partial charge in [0.2, 0.25) is 0 Å². The van der Waals surface area contributed by atoms with E-state index in [2.05, 4.69) is 51.7 Å². The summed E-state index contributed by atoms with van der Waals surface area (Å²) in [6.45, 7) is 14.9. The second-order valence-corrected chi connectivity index (χ2v) is 12.1. The van der Waals surface area contributed by atoms with E-state index in [-0.39, 0.29) is 5.92 Å². The molecular weight excluding hydrogens is 408 g/mol. The fourth-order valence-electron chi connectivity index (χ4n) is 6.78. The van der Waals surface area contributed by atoms with E-state index in [1.165, 1.54) is 38.5 Å². The van der Waals surface area contributed by atoms with Crippen LogP contribution in [0.25, 0.3) is 0 Å². The van der Waals surface area contributed by atoms with Crippen LogP contribution in [0.2, 0.25) is 0 Å². The molecule has 0 amide bonds. The van der Waals surface area contributed by atoms with E-state index in [4.69, 9.17) is 0 Å². The Morgan fingerprint density at radius 1 is 1.18 bits per heavy atom. The lowest BCUT2D eigenvalue weighted by molar-refractivity contribution is 0.0439. The summed E-state index contributed by atoms with van der Waals surface area (Å²) in [4.78, 5) is 0. The van der Waals surface area contributed by atoms with Crippen LogP contribution in [0.15, 0.2) is 47.6 Å². The zero-order chi connectivity index (χ0) is 24.4. The summed E-state index contributed by atoms with van der Waals surface area (Å²) in [6, 6.07) is 0. The van der Waals surface area contributed by atoms with Crippen molar-refractivity contribution < 1.29 is 15.3 Å². The molecule has 186 valence electrons. The smallest absolute Gasteiger partial charge is 0.0811 e. The predicted octanol–water partition coefficient (Wildman–Crippen LogP) is 6.51. The van der Waals surface area contributed by atoms with E-state index < -0.39 is 17.8 Å². The molecule has 7 atom stereocenters. The van der Waals surface area contributed by atoms with Crippen LogP contribution in [-0.2, 0) is 0 Å². The van der Waals surface area contributed by atoms with E-state index in [1.54, 1.807) is 5.57 Å². The number of allylic oxidation sites excluding steroid dienone is 4. The number of fused-ring (bicyclic) bond motifs is 1. The molecule has 0 aliphatic heterocycles. The van der Waals surface area contributed by atoms with E-state index in [0.717, 1.165) is 23.5 Å². The highest BCUT2D eigenvalue weighted by Gasteiger charge is 2.50. The van der Waals surface area contributed by atoms with E-state index in [0.29, 0.717) is 30.1 Å². The summed E-state index contributed by atoms with van der Waals surface area (Å²) in [7, 11) is 0. The lowest BCUT2D eigenvalue weighted by Gasteiger charge is -2.44. The molecule has 3 saturated carbocycles. The first-order chi connectivity index (χ1) is 15.4. The normalized spacial score (nSPS) is 37.6. The van der Waals surface area contributed by atoms with Crippen molar-refractivity contribution in [2.24, 2.45) is 29.1 Å². The fourth-order valence-corrected chi connectivity index (χ4v) is 6.78. The van der Waals surface area contributed by atoms with Gasteiger partial charge in [-0.05, 0) is 99.5 Å². The van der Waals surface area contributed by atoms with Gasteiger partial charge in [0.05, 0.1) is 17.8 Å². The van der Waals surface area contributed by atoms with Crippen LogP contribution in [-0.4, -0.2) is 33.1 Å². The largest absolute Gasteiger partial charge is 0.393 e. The van der Waals surface area contributed by atoms with Crippen LogP contribution < -0.4 is 0 Å². The first-order valence-corrected chi connectivity index (χ1v) is 13.3. The van der Waals surface area contributed by atoms with Gasteiger partial charge in [0.1, 0.15) is 0 Å². The van der Waals surface area contributed by atoms with Crippen molar-refractivity contribution in [3.8, 4) is 0 Å². The second-order valence-electron chi connectivity index (χ2n) is 12.1. The molecule has 0 spiro atoms. The van der Waals surface area contributed by atoms with E-state index >= 15 is 0 Å². The predicted molar refractivity (Wildman–Crippen MR) is 138 cm³/mol. The van der Waals surface area contributed by atoms with Gasteiger partial charge in [0.25, 0.3) is 0 Å². The average molecular weight is 457 g/mol. The maximum atomic E-state index is 10.2. The molecule has 0 aromatic carbocycles. The summed E-state index contributed by atoms with van der Waals surface area (Å²) >= 11 is 0. The summed E-state index contributed by atoms with van der Waals surface area (Å²) in [5, 5.41) is 30.4. The number of aliphatic hydroxyl groups excluding tert-OH is 2. The Labute approximate surface area is 202 Å². The molecule has 33 heavy (non-hydrogen) atoms. The Kier molecular flexibility index (Phi) is 8.51. The topological polar surface area (TPSA) is 60.7 Å². The Balaban J connectivity index is 1.65. The van der Waals surface area contributed by atoms with E-state index in [1.807, 2.05) is 13.8 Å². The van der Waals surface area contributed by atoms with Crippen molar-refractivity contribution in [1.29, 1.82) is 0 Å². The second kappa shape index (κ2) is 10.6. The molecule has 3 aliphatic rings. The minimum absolute atomic E-state index is 0.170. The van der Waals surface area contributed by atoms with Gasteiger partial charge < -0.3 is 15.3 Å². The standard InChI is InChI=1S/C30H48O3/c1-20(10-7-8-11-21(2)29(4,5)33)26-15-16-27-23(12-9-17-30(26,27)6)13-14-24-18-25(31)19-28(32)22(24)3/h8,11,13-14,20-21,25-28,31-33H,3,7,9-10,12,15-19H2,1-2,4-6H3/b11-8+,23-13+,24-14-/t20-,21+,25-,26-,27+,28+,30-/m1/s1. The first kappa shape index (κ1) is 26.4. The van der Waals surface area contributed by atoms with Crippen LogP contribution in [0.3, 0.4) is 0 Å². The highest BCUT2D eigenvalue weighted by Crippen LogP contribution is 2.59. The minimum Gasteiger partial charge on any atom is -0.393 e. The van der Waals surface area contributed by atoms with Gasteiger partial charge in [0.15, 0.2) is 0 Å². The molecule has 0 aromatic rings. The van der Waals surface area contributed by atoms with Crippen LogP contribution in [0.4, 0.5) is 0 Å². The number of rotatable bonds is 7. The van der Waals surface area contributed by atoms with Gasteiger partial charge in [-0.3, -0.25) is 0 Å². The van der Waals surface area contributed by atoms with Crippen LogP contribution in [0.5, 0.6) is 0 Å². The highest BCUT2D eigenvalue weighted by molar-refractivity contribution is 5.38. The maximum Gasteiger partial charge on any atom is 0.0811 e. The molecule has 3 nitrogen and oxygen atoms in total. The summed E-state index contributed by atoms with van der Waals surface area (Å²) in [5.74, 6) is 2.27. The molecule has 3 rings (SSSR count). The quantitative estimate of drug-likeness (QED) is 0.383. The first-order valence-electron chi connectivity index (χ1n) is 13.3. The van der Waals surface area contributed by atoms with Crippen molar-refractivity contribution in [2.75, 3.05) is 0 Å². The molecule has 0 aromatic heterocycles. The third-order valence-corrected chi connectivity index (χ3v) is 9.32. The fraction of sp³-hybridized carbons (Fsp3) is 0.733. The van der Waals surface area contributed by atoms with Crippen molar-refractivity contribution in [3.05, 3.63) is 47.6 Å². The minimum atomic E-state index is -0.658. The molecule has 3 N–H and O–H groups in total. The molecule has 3 aliphatic carbocycles. The summed E-state index contributed by atoms with van der Waals surface area (Å²) in [6.07, 6.45) is 17.4.